The number of hydrogen-bond donors (Lipinski definition) is 1. The van der Waals surface area contributed by atoms with E-state index >= 15 is 0 Å². The van der Waals surface area contributed by atoms with Crippen LogP contribution in [0.3, 0.4) is 0 Å². The summed E-state index contributed by atoms with van der Waals surface area (Å²) in [7, 11) is 0. The lowest BCUT2D eigenvalue weighted by Crippen LogP contribution is -2.39. The Hall–Kier alpha value is -0.880. The molecule has 0 radical (unpaired) electrons. The van der Waals surface area contributed by atoms with Crippen LogP contribution in [-0.2, 0) is 4.79 Å². The molecule has 1 aromatic heterocycles. The van der Waals surface area contributed by atoms with E-state index < -0.39 is 5.97 Å². The van der Waals surface area contributed by atoms with E-state index in [0.717, 1.165) is 28.0 Å². The number of carboxylic acid groups (broad SMARTS) is 1. The van der Waals surface area contributed by atoms with Crippen LogP contribution in [0.15, 0.2) is 15.9 Å². The van der Waals surface area contributed by atoms with Gasteiger partial charge in [-0.15, -0.1) is 11.3 Å². The molecule has 0 spiro atoms. The molecule has 4 nitrogen and oxygen atoms in total. The Labute approximate surface area is 124 Å². The van der Waals surface area contributed by atoms with E-state index in [2.05, 4.69) is 15.9 Å². The maximum Gasteiger partial charge on any atom is 0.303 e. The highest BCUT2D eigenvalue weighted by atomic mass is 79.9. The number of aliphatic carboxylic acids is 1. The van der Waals surface area contributed by atoms with Gasteiger partial charge in [-0.25, -0.2) is 0 Å². The third-order valence-corrected chi connectivity index (χ3v) is 4.97. The Bertz CT molecular complexity index is 474. The van der Waals surface area contributed by atoms with Crippen molar-refractivity contribution < 1.29 is 14.7 Å². The fourth-order valence-corrected chi connectivity index (χ4v) is 3.75. The minimum atomic E-state index is -0.759. The summed E-state index contributed by atoms with van der Waals surface area (Å²) in [6.45, 7) is 1.46. The van der Waals surface area contributed by atoms with Crippen LogP contribution in [0.4, 0.5) is 0 Å². The SMILES string of the molecule is O=C(O)CCC1CCCN(C(=O)c2ccc(Br)s2)C1. The molecule has 0 aromatic carbocycles. The van der Waals surface area contributed by atoms with Crippen LogP contribution >= 0.6 is 27.3 Å². The van der Waals surface area contributed by atoms with E-state index in [1.165, 1.54) is 11.3 Å². The summed E-state index contributed by atoms with van der Waals surface area (Å²) in [5.74, 6) is -0.376. The summed E-state index contributed by atoms with van der Waals surface area (Å²) in [6, 6.07) is 3.71. The molecule has 0 aliphatic carbocycles. The molecule has 1 aliphatic rings. The number of halogens is 1. The van der Waals surface area contributed by atoms with Gasteiger partial charge in [-0.1, -0.05) is 0 Å². The average molecular weight is 346 g/mol. The second kappa shape index (κ2) is 6.52. The van der Waals surface area contributed by atoms with Gasteiger partial charge in [-0.05, 0) is 53.2 Å². The summed E-state index contributed by atoms with van der Waals surface area (Å²) in [6.07, 6.45) is 2.83. The molecule has 0 saturated carbocycles. The summed E-state index contributed by atoms with van der Waals surface area (Å²) >= 11 is 4.80. The van der Waals surface area contributed by atoms with Crippen molar-refractivity contribution in [3.05, 3.63) is 20.8 Å². The molecule has 2 heterocycles. The molecule has 1 unspecified atom stereocenters. The van der Waals surface area contributed by atoms with Crippen LogP contribution in [0, 0.1) is 5.92 Å². The van der Waals surface area contributed by atoms with Gasteiger partial charge in [-0.3, -0.25) is 9.59 Å². The molecule has 2 rings (SSSR count). The minimum Gasteiger partial charge on any atom is -0.481 e. The predicted octanol–water partition coefficient (Wildman–Crippen LogP) is 3.23. The number of nitrogens with zero attached hydrogens (tertiary/aromatic N) is 1. The molecule has 1 fully saturated rings. The van der Waals surface area contributed by atoms with Crippen LogP contribution < -0.4 is 0 Å². The van der Waals surface area contributed by atoms with Crippen molar-refractivity contribution >= 4 is 39.1 Å². The smallest absolute Gasteiger partial charge is 0.303 e. The van der Waals surface area contributed by atoms with Crippen molar-refractivity contribution in [3.8, 4) is 0 Å². The molecular weight excluding hydrogens is 330 g/mol. The number of piperidine rings is 1. The van der Waals surface area contributed by atoms with Crippen molar-refractivity contribution in [2.24, 2.45) is 5.92 Å². The van der Waals surface area contributed by atoms with Crippen molar-refractivity contribution in [1.29, 1.82) is 0 Å². The molecule has 104 valence electrons. The lowest BCUT2D eigenvalue weighted by molar-refractivity contribution is -0.137. The van der Waals surface area contributed by atoms with E-state index in [-0.39, 0.29) is 12.3 Å². The van der Waals surface area contributed by atoms with Crippen LogP contribution in [0.1, 0.15) is 35.4 Å². The van der Waals surface area contributed by atoms with Gasteiger partial charge >= 0.3 is 5.97 Å². The molecule has 1 atom stereocenters. The number of likely N-dealkylation sites (tertiary alicyclic amines) is 1. The largest absolute Gasteiger partial charge is 0.481 e. The van der Waals surface area contributed by atoms with Gasteiger partial charge in [-0.2, -0.15) is 0 Å². The summed E-state index contributed by atoms with van der Waals surface area (Å²) in [5, 5.41) is 8.72. The van der Waals surface area contributed by atoms with E-state index in [9.17, 15) is 9.59 Å². The number of carboxylic acids is 1. The number of hydrogen-bond acceptors (Lipinski definition) is 3. The Morgan fingerprint density at radius 3 is 2.89 bits per heavy atom. The Balaban J connectivity index is 1.93. The molecule has 1 aromatic rings. The third kappa shape index (κ3) is 4.04. The van der Waals surface area contributed by atoms with Crippen LogP contribution in [0.2, 0.25) is 0 Å². The first-order valence-electron chi connectivity index (χ1n) is 6.32. The van der Waals surface area contributed by atoms with Gasteiger partial charge in [0.15, 0.2) is 0 Å². The zero-order valence-corrected chi connectivity index (χ0v) is 12.9. The zero-order chi connectivity index (χ0) is 13.8. The first kappa shape index (κ1) is 14.5. The molecule has 1 aliphatic heterocycles. The van der Waals surface area contributed by atoms with Gasteiger partial charge in [0.05, 0.1) is 8.66 Å². The summed E-state index contributed by atoms with van der Waals surface area (Å²) < 4.78 is 0.954. The Morgan fingerprint density at radius 2 is 2.26 bits per heavy atom. The standard InChI is InChI=1S/C13H16BrNO3S/c14-11-5-4-10(19-11)13(18)15-7-1-2-9(8-15)3-6-12(16)17/h4-5,9H,1-3,6-8H2,(H,16,17). The second-order valence-electron chi connectivity index (χ2n) is 4.80. The number of thiophene rings is 1. The van der Waals surface area contributed by atoms with Gasteiger partial charge < -0.3 is 10.0 Å². The fraction of sp³-hybridized carbons (Fsp3) is 0.538. The maximum atomic E-state index is 12.3. The molecule has 1 N–H and O–H groups in total. The highest BCUT2D eigenvalue weighted by Crippen LogP contribution is 2.26. The zero-order valence-electron chi connectivity index (χ0n) is 10.5. The van der Waals surface area contributed by atoms with Gasteiger partial charge in [0.2, 0.25) is 0 Å². The first-order chi connectivity index (χ1) is 9.06. The lowest BCUT2D eigenvalue weighted by Gasteiger charge is -2.32. The van der Waals surface area contributed by atoms with Crippen LogP contribution in [-0.4, -0.2) is 35.0 Å². The first-order valence-corrected chi connectivity index (χ1v) is 7.93. The molecule has 6 heteroatoms. The van der Waals surface area contributed by atoms with E-state index in [4.69, 9.17) is 5.11 Å². The van der Waals surface area contributed by atoms with E-state index in [0.29, 0.717) is 18.9 Å². The van der Waals surface area contributed by atoms with Gasteiger partial charge in [0.1, 0.15) is 0 Å². The Kier molecular flexibility index (Phi) is 4.99. The predicted molar refractivity (Wildman–Crippen MR) is 77.5 cm³/mol. The quantitative estimate of drug-likeness (QED) is 0.911. The number of carbonyl (C=O) groups is 2. The van der Waals surface area contributed by atoms with Crippen molar-refractivity contribution in [1.82, 2.24) is 4.90 Å². The van der Waals surface area contributed by atoms with Crippen LogP contribution in [0.5, 0.6) is 0 Å². The molecule has 1 amide bonds. The van der Waals surface area contributed by atoms with Crippen molar-refractivity contribution in [3.63, 3.8) is 0 Å². The average Bonchev–Trinajstić information content (AvgIpc) is 2.82. The molecule has 19 heavy (non-hydrogen) atoms. The molecule has 0 bridgehead atoms. The van der Waals surface area contributed by atoms with E-state index in [1.807, 2.05) is 17.0 Å². The summed E-state index contributed by atoms with van der Waals surface area (Å²) in [5.41, 5.74) is 0. The number of rotatable bonds is 4. The number of amides is 1. The monoisotopic (exact) mass is 345 g/mol. The second-order valence-corrected chi connectivity index (χ2v) is 7.26. The Morgan fingerprint density at radius 1 is 1.47 bits per heavy atom. The topological polar surface area (TPSA) is 57.6 Å². The maximum absolute atomic E-state index is 12.3. The van der Waals surface area contributed by atoms with Gasteiger partial charge in [0, 0.05) is 19.5 Å². The van der Waals surface area contributed by atoms with Gasteiger partial charge in [0.25, 0.3) is 5.91 Å². The summed E-state index contributed by atoms with van der Waals surface area (Å²) in [4.78, 5) is 25.5. The highest BCUT2D eigenvalue weighted by Gasteiger charge is 2.25. The molecular formula is C13H16BrNO3S. The third-order valence-electron chi connectivity index (χ3n) is 3.36. The highest BCUT2D eigenvalue weighted by molar-refractivity contribution is 9.11. The lowest BCUT2D eigenvalue weighted by atomic mass is 9.93. The van der Waals surface area contributed by atoms with Crippen molar-refractivity contribution in [2.45, 2.75) is 25.7 Å². The van der Waals surface area contributed by atoms with E-state index in [1.54, 1.807) is 0 Å². The minimum absolute atomic E-state index is 0.0655. The molecule has 1 saturated heterocycles. The number of carbonyl (C=O) groups excluding carboxylic acids is 1. The van der Waals surface area contributed by atoms with Crippen LogP contribution in [0.25, 0.3) is 0 Å². The fourth-order valence-electron chi connectivity index (χ4n) is 2.40. The normalized spacial score (nSPS) is 19.4. The van der Waals surface area contributed by atoms with Crippen molar-refractivity contribution in [2.75, 3.05) is 13.1 Å².